The highest BCUT2D eigenvalue weighted by Crippen LogP contribution is 2.16. The summed E-state index contributed by atoms with van der Waals surface area (Å²) in [5.41, 5.74) is 3.58. The van der Waals surface area contributed by atoms with Crippen molar-refractivity contribution in [1.82, 2.24) is 15.1 Å². The summed E-state index contributed by atoms with van der Waals surface area (Å²) in [5, 5.41) is 3.13. The van der Waals surface area contributed by atoms with E-state index in [9.17, 15) is 9.59 Å². The number of hydrogen-bond donors (Lipinski definition) is 1. The quantitative estimate of drug-likeness (QED) is 0.554. The van der Waals surface area contributed by atoms with Crippen LogP contribution in [0.4, 0.5) is 0 Å². The minimum atomic E-state index is -0.0291. The van der Waals surface area contributed by atoms with Crippen molar-refractivity contribution in [1.29, 1.82) is 0 Å². The van der Waals surface area contributed by atoms with Gasteiger partial charge in [-0.25, -0.2) is 0 Å². The molecule has 0 spiro atoms. The summed E-state index contributed by atoms with van der Waals surface area (Å²) in [5.74, 6) is 1.67. The van der Waals surface area contributed by atoms with Gasteiger partial charge in [0, 0.05) is 32.6 Å². The molecule has 2 aromatic carbocycles. The number of aryl methyl sites for hydroxylation is 1. The number of methoxy groups -OCH3 is 1. The Morgan fingerprint density at radius 1 is 0.914 bits per heavy atom. The molecule has 2 aromatic rings. The van der Waals surface area contributed by atoms with Crippen molar-refractivity contribution in [3.05, 3.63) is 65.2 Å². The van der Waals surface area contributed by atoms with Gasteiger partial charge in [-0.1, -0.05) is 50.2 Å². The molecule has 6 heteroatoms. The first-order chi connectivity index (χ1) is 16.8. The van der Waals surface area contributed by atoms with E-state index >= 15 is 0 Å². The number of ether oxygens (including phenoxy) is 1. The normalized spacial score (nSPS) is 15.5. The molecule has 0 aliphatic carbocycles. The first kappa shape index (κ1) is 26.7. The van der Waals surface area contributed by atoms with Crippen molar-refractivity contribution in [2.24, 2.45) is 5.92 Å². The predicted octanol–water partition coefficient (Wildman–Crippen LogP) is 4.24. The van der Waals surface area contributed by atoms with Gasteiger partial charge in [0.15, 0.2) is 0 Å². The van der Waals surface area contributed by atoms with Crippen LogP contribution >= 0.6 is 0 Å². The Hall–Kier alpha value is -2.86. The maximum absolute atomic E-state index is 12.8. The zero-order valence-electron chi connectivity index (χ0n) is 21.8. The standard InChI is InChI=1S/C29H41N3O3/c1-22(2)20-25-6-11-26(12-7-25)23(3)30-28(33)21-31-16-5-17-32(19-18-31)29(34)15-10-24-8-13-27(35-4)14-9-24/h6-9,11-14,22-23H,5,10,15-21H2,1-4H3,(H,30,33). The van der Waals surface area contributed by atoms with Crippen LogP contribution in [0.2, 0.25) is 0 Å². The van der Waals surface area contributed by atoms with E-state index in [-0.39, 0.29) is 17.9 Å². The Morgan fingerprint density at radius 2 is 1.60 bits per heavy atom. The van der Waals surface area contributed by atoms with E-state index in [0.717, 1.165) is 55.8 Å². The molecule has 6 nitrogen and oxygen atoms in total. The van der Waals surface area contributed by atoms with Crippen molar-refractivity contribution in [3.63, 3.8) is 0 Å². The molecular weight excluding hydrogens is 438 g/mol. The molecule has 0 aromatic heterocycles. The first-order valence-corrected chi connectivity index (χ1v) is 12.8. The first-order valence-electron chi connectivity index (χ1n) is 12.8. The van der Waals surface area contributed by atoms with E-state index in [1.54, 1.807) is 7.11 Å². The second kappa shape index (κ2) is 13.3. The van der Waals surface area contributed by atoms with Crippen LogP contribution in [0.3, 0.4) is 0 Å². The minimum Gasteiger partial charge on any atom is -0.497 e. The second-order valence-corrected chi connectivity index (χ2v) is 9.99. The monoisotopic (exact) mass is 479 g/mol. The van der Waals surface area contributed by atoms with Gasteiger partial charge in [0.25, 0.3) is 0 Å². The third-order valence-electron chi connectivity index (χ3n) is 6.60. The van der Waals surface area contributed by atoms with Gasteiger partial charge in [0.1, 0.15) is 5.75 Å². The summed E-state index contributed by atoms with van der Waals surface area (Å²) in [6, 6.07) is 16.4. The number of hydrogen-bond acceptors (Lipinski definition) is 4. The number of rotatable bonds is 10. The molecule has 1 atom stereocenters. The number of benzene rings is 2. The Labute approximate surface area is 210 Å². The summed E-state index contributed by atoms with van der Waals surface area (Å²) in [6.07, 6.45) is 3.17. The van der Waals surface area contributed by atoms with Gasteiger partial charge in [-0.15, -0.1) is 0 Å². The lowest BCUT2D eigenvalue weighted by Gasteiger charge is -2.23. The predicted molar refractivity (Wildman–Crippen MR) is 140 cm³/mol. The molecule has 2 amide bonds. The molecule has 1 fully saturated rings. The molecular formula is C29H41N3O3. The van der Waals surface area contributed by atoms with E-state index in [2.05, 4.69) is 48.3 Å². The summed E-state index contributed by atoms with van der Waals surface area (Å²) in [7, 11) is 1.65. The summed E-state index contributed by atoms with van der Waals surface area (Å²) < 4.78 is 5.19. The lowest BCUT2D eigenvalue weighted by atomic mass is 10.00. The van der Waals surface area contributed by atoms with E-state index in [4.69, 9.17) is 4.74 Å². The van der Waals surface area contributed by atoms with Crippen LogP contribution < -0.4 is 10.1 Å². The lowest BCUT2D eigenvalue weighted by Crippen LogP contribution is -2.40. The molecule has 1 unspecified atom stereocenters. The van der Waals surface area contributed by atoms with Crippen molar-refractivity contribution < 1.29 is 14.3 Å². The minimum absolute atomic E-state index is 0.0291. The van der Waals surface area contributed by atoms with Crippen molar-refractivity contribution in [3.8, 4) is 5.75 Å². The SMILES string of the molecule is COc1ccc(CCC(=O)N2CCCN(CC(=O)NC(C)c3ccc(CC(C)C)cc3)CC2)cc1. The number of amides is 2. The van der Waals surface area contributed by atoms with Crippen LogP contribution in [0.1, 0.15) is 56.3 Å². The highest BCUT2D eigenvalue weighted by atomic mass is 16.5. The number of nitrogens with one attached hydrogen (secondary N) is 1. The Kier molecular flexibility index (Phi) is 10.2. The third kappa shape index (κ3) is 8.70. The fourth-order valence-corrected chi connectivity index (χ4v) is 4.57. The van der Waals surface area contributed by atoms with Gasteiger partial charge in [-0.2, -0.15) is 0 Å². The van der Waals surface area contributed by atoms with Crippen LogP contribution in [-0.4, -0.2) is 61.4 Å². The lowest BCUT2D eigenvalue weighted by molar-refractivity contribution is -0.131. The van der Waals surface area contributed by atoms with Crippen LogP contribution in [-0.2, 0) is 22.4 Å². The largest absolute Gasteiger partial charge is 0.497 e. The molecule has 1 aliphatic heterocycles. The molecule has 1 saturated heterocycles. The highest BCUT2D eigenvalue weighted by molar-refractivity contribution is 5.78. The van der Waals surface area contributed by atoms with Crippen molar-refractivity contribution >= 4 is 11.8 Å². The Balaban J connectivity index is 1.41. The van der Waals surface area contributed by atoms with Crippen LogP contribution in [0.5, 0.6) is 5.75 Å². The fraction of sp³-hybridized carbons (Fsp3) is 0.517. The van der Waals surface area contributed by atoms with Crippen molar-refractivity contribution in [2.45, 2.75) is 52.5 Å². The molecule has 35 heavy (non-hydrogen) atoms. The summed E-state index contributed by atoms with van der Waals surface area (Å²) in [6.45, 7) is 9.80. The second-order valence-electron chi connectivity index (χ2n) is 9.99. The van der Waals surface area contributed by atoms with Gasteiger partial charge >= 0.3 is 0 Å². The molecule has 3 rings (SSSR count). The fourth-order valence-electron chi connectivity index (χ4n) is 4.57. The van der Waals surface area contributed by atoms with E-state index < -0.39 is 0 Å². The Bertz CT molecular complexity index is 941. The number of carbonyl (C=O) groups excluding carboxylic acids is 2. The van der Waals surface area contributed by atoms with E-state index in [1.165, 1.54) is 5.56 Å². The van der Waals surface area contributed by atoms with E-state index in [1.807, 2.05) is 36.1 Å². The van der Waals surface area contributed by atoms with Crippen LogP contribution in [0, 0.1) is 5.92 Å². The molecule has 0 saturated carbocycles. The van der Waals surface area contributed by atoms with E-state index in [0.29, 0.717) is 25.4 Å². The molecule has 1 N–H and O–H groups in total. The zero-order valence-corrected chi connectivity index (χ0v) is 21.8. The van der Waals surface area contributed by atoms with Gasteiger partial charge in [-0.3, -0.25) is 14.5 Å². The van der Waals surface area contributed by atoms with Gasteiger partial charge in [0.2, 0.25) is 11.8 Å². The smallest absolute Gasteiger partial charge is 0.234 e. The highest BCUT2D eigenvalue weighted by Gasteiger charge is 2.21. The topological polar surface area (TPSA) is 61.9 Å². The number of nitrogens with zero attached hydrogens (tertiary/aromatic N) is 2. The zero-order chi connectivity index (χ0) is 25.2. The maximum atomic E-state index is 12.8. The molecule has 0 radical (unpaired) electrons. The van der Waals surface area contributed by atoms with Gasteiger partial charge in [-0.05, 0) is 60.9 Å². The summed E-state index contributed by atoms with van der Waals surface area (Å²) >= 11 is 0. The van der Waals surface area contributed by atoms with Crippen LogP contribution in [0.25, 0.3) is 0 Å². The average molecular weight is 480 g/mol. The summed E-state index contributed by atoms with van der Waals surface area (Å²) in [4.78, 5) is 29.6. The maximum Gasteiger partial charge on any atom is 0.234 e. The van der Waals surface area contributed by atoms with Gasteiger partial charge in [0.05, 0.1) is 19.7 Å². The molecule has 1 heterocycles. The third-order valence-corrected chi connectivity index (χ3v) is 6.60. The molecule has 1 aliphatic rings. The average Bonchev–Trinajstić information content (AvgIpc) is 3.08. The van der Waals surface area contributed by atoms with Gasteiger partial charge < -0.3 is 15.0 Å². The number of carbonyl (C=O) groups is 2. The Morgan fingerprint density at radius 3 is 2.26 bits per heavy atom. The van der Waals surface area contributed by atoms with Crippen LogP contribution in [0.15, 0.2) is 48.5 Å². The molecule has 0 bridgehead atoms. The molecule has 190 valence electrons. The van der Waals surface area contributed by atoms with Crippen molar-refractivity contribution in [2.75, 3.05) is 39.8 Å².